The van der Waals surface area contributed by atoms with Gasteiger partial charge in [-0.1, -0.05) is 37.2 Å². The van der Waals surface area contributed by atoms with Gasteiger partial charge in [-0.3, -0.25) is 4.79 Å². The van der Waals surface area contributed by atoms with Gasteiger partial charge in [-0.15, -0.1) is 0 Å². The Labute approximate surface area is 89.9 Å². The molecule has 0 N–H and O–H groups in total. The van der Waals surface area contributed by atoms with E-state index >= 15 is 0 Å². The Morgan fingerprint density at radius 2 is 2.14 bits per heavy atom. The number of carbonyl (C=O) groups is 1. The number of carbonyl (C=O) groups excluding carboxylic acids is 1. The van der Waals surface area contributed by atoms with E-state index in [0.717, 1.165) is 17.7 Å². The fraction of sp³-hybridized carbons (Fsp3) is 0.417. The molecule has 0 saturated heterocycles. The first-order chi connectivity index (χ1) is 6.63. The monoisotopic (exact) mass is 208 g/mol. The van der Waals surface area contributed by atoms with Crippen LogP contribution in [0.25, 0.3) is 0 Å². The second kappa shape index (κ2) is 5.20. The van der Waals surface area contributed by atoms with Gasteiger partial charge in [0.2, 0.25) is 0 Å². The third-order valence-corrected chi connectivity index (χ3v) is 2.99. The average Bonchev–Trinajstić information content (AvgIpc) is 2.10. The van der Waals surface area contributed by atoms with E-state index in [4.69, 9.17) is 0 Å². The number of benzene rings is 1. The molecule has 0 aliphatic carbocycles. The number of aryl methyl sites for hydroxylation is 2. The van der Waals surface area contributed by atoms with Gasteiger partial charge in [0, 0.05) is 11.8 Å². The summed E-state index contributed by atoms with van der Waals surface area (Å²) in [6, 6.07) is 6.37. The molecule has 1 rings (SSSR count). The number of hydrogen-bond donors (Lipinski definition) is 0. The van der Waals surface area contributed by atoms with Crippen molar-refractivity contribution in [3.63, 3.8) is 0 Å². The highest BCUT2D eigenvalue weighted by molar-refractivity contribution is 8.13. The quantitative estimate of drug-likeness (QED) is 0.706. The van der Waals surface area contributed by atoms with Crippen molar-refractivity contribution in [3.05, 3.63) is 29.3 Å². The summed E-state index contributed by atoms with van der Waals surface area (Å²) in [6.07, 6.45) is 2.24. The van der Waals surface area contributed by atoms with Crippen molar-refractivity contribution in [2.45, 2.75) is 38.5 Å². The largest absolute Gasteiger partial charge is 0.287 e. The lowest BCUT2D eigenvalue weighted by molar-refractivity contribution is -0.109. The molecule has 0 saturated carbocycles. The van der Waals surface area contributed by atoms with Crippen LogP contribution in [-0.2, 0) is 11.2 Å². The van der Waals surface area contributed by atoms with Crippen molar-refractivity contribution in [2.75, 3.05) is 0 Å². The highest BCUT2D eigenvalue weighted by Crippen LogP contribution is 2.24. The highest BCUT2D eigenvalue weighted by Gasteiger charge is 2.03. The molecule has 2 heteroatoms. The van der Waals surface area contributed by atoms with Crippen LogP contribution < -0.4 is 0 Å². The summed E-state index contributed by atoms with van der Waals surface area (Å²) in [4.78, 5) is 12.1. The highest BCUT2D eigenvalue weighted by atomic mass is 32.2. The molecule has 0 fully saturated rings. The lowest BCUT2D eigenvalue weighted by Gasteiger charge is -2.05. The predicted octanol–water partition coefficient (Wildman–Crippen LogP) is 3.59. The summed E-state index contributed by atoms with van der Waals surface area (Å²) in [5.41, 5.74) is 2.51. The van der Waals surface area contributed by atoms with Gasteiger partial charge in [0.25, 0.3) is 0 Å². The molecule has 14 heavy (non-hydrogen) atoms. The Balaban J connectivity index is 2.90. The molecule has 0 aliphatic rings. The topological polar surface area (TPSA) is 17.1 Å². The number of thioether (sulfide) groups is 1. The van der Waals surface area contributed by atoms with Gasteiger partial charge in [-0.25, -0.2) is 0 Å². The van der Waals surface area contributed by atoms with Crippen molar-refractivity contribution < 1.29 is 4.79 Å². The van der Waals surface area contributed by atoms with Crippen LogP contribution in [0.5, 0.6) is 0 Å². The first-order valence-electron chi connectivity index (χ1n) is 4.91. The zero-order chi connectivity index (χ0) is 10.6. The van der Waals surface area contributed by atoms with Crippen molar-refractivity contribution in [3.8, 4) is 0 Å². The predicted molar refractivity (Wildman–Crippen MR) is 61.7 cm³/mol. The lowest BCUT2D eigenvalue weighted by Crippen LogP contribution is -1.89. The van der Waals surface area contributed by atoms with Gasteiger partial charge in [0.15, 0.2) is 5.12 Å². The van der Waals surface area contributed by atoms with Crippen molar-refractivity contribution in [2.24, 2.45) is 0 Å². The molecule has 0 atom stereocenters. The van der Waals surface area contributed by atoms with E-state index in [-0.39, 0.29) is 5.12 Å². The maximum atomic E-state index is 11.0. The van der Waals surface area contributed by atoms with E-state index in [2.05, 4.69) is 25.1 Å². The molecule has 1 nitrogen and oxygen atoms in total. The molecular weight excluding hydrogens is 192 g/mol. The third-order valence-electron chi connectivity index (χ3n) is 2.04. The minimum atomic E-state index is 0.154. The van der Waals surface area contributed by atoms with Crippen LogP contribution in [0.1, 0.15) is 31.4 Å². The minimum Gasteiger partial charge on any atom is -0.287 e. The van der Waals surface area contributed by atoms with Crippen LogP contribution in [0.3, 0.4) is 0 Å². The fourth-order valence-corrected chi connectivity index (χ4v) is 2.10. The molecule has 1 aromatic carbocycles. The minimum absolute atomic E-state index is 0.154. The van der Waals surface area contributed by atoms with E-state index in [0.29, 0.717) is 0 Å². The summed E-state index contributed by atoms with van der Waals surface area (Å²) in [6.45, 7) is 5.81. The summed E-state index contributed by atoms with van der Waals surface area (Å²) in [5, 5.41) is 0.154. The Kier molecular flexibility index (Phi) is 4.21. The van der Waals surface area contributed by atoms with Gasteiger partial charge >= 0.3 is 0 Å². The normalized spacial score (nSPS) is 10.2. The molecule has 0 bridgehead atoms. The van der Waals surface area contributed by atoms with E-state index in [1.165, 1.54) is 22.9 Å². The fourth-order valence-electron chi connectivity index (χ4n) is 1.35. The SMILES string of the molecule is CCCc1ccc(C)c(SC(C)=O)c1. The first-order valence-corrected chi connectivity index (χ1v) is 5.73. The molecular formula is C12H16OS. The van der Waals surface area contributed by atoms with Crippen molar-refractivity contribution >= 4 is 16.9 Å². The zero-order valence-corrected chi connectivity index (χ0v) is 9.78. The summed E-state index contributed by atoms with van der Waals surface area (Å²) in [5.74, 6) is 0. The van der Waals surface area contributed by atoms with Crippen molar-refractivity contribution in [1.82, 2.24) is 0 Å². The average molecular weight is 208 g/mol. The maximum Gasteiger partial charge on any atom is 0.190 e. The second-order valence-corrected chi connectivity index (χ2v) is 4.66. The van der Waals surface area contributed by atoms with Crippen LogP contribution in [0.2, 0.25) is 0 Å². The molecule has 0 radical (unpaired) electrons. The van der Waals surface area contributed by atoms with E-state index in [9.17, 15) is 4.79 Å². The second-order valence-electron chi connectivity index (χ2n) is 3.44. The standard InChI is InChI=1S/C12H16OS/c1-4-5-11-7-6-9(2)12(8-11)14-10(3)13/h6-8H,4-5H2,1-3H3. The molecule has 0 aliphatic heterocycles. The number of hydrogen-bond acceptors (Lipinski definition) is 2. The summed E-state index contributed by atoms with van der Waals surface area (Å²) < 4.78 is 0. The van der Waals surface area contributed by atoms with E-state index in [1.54, 1.807) is 6.92 Å². The van der Waals surface area contributed by atoms with Gasteiger partial charge in [-0.05, 0) is 30.5 Å². The van der Waals surface area contributed by atoms with E-state index in [1.807, 2.05) is 6.92 Å². The summed E-state index contributed by atoms with van der Waals surface area (Å²) >= 11 is 1.33. The summed E-state index contributed by atoms with van der Waals surface area (Å²) in [7, 11) is 0. The Morgan fingerprint density at radius 3 is 2.71 bits per heavy atom. The lowest BCUT2D eigenvalue weighted by atomic mass is 10.1. The Hall–Kier alpha value is -0.760. The molecule has 0 unspecified atom stereocenters. The van der Waals surface area contributed by atoms with Gasteiger partial charge in [0.05, 0.1) is 0 Å². The van der Waals surface area contributed by atoms with Crippen molar-refractivity contribution in [1.29, 1.82) is 0 Å². The molecule has 76 valence electrons. The smallest absolute Gasteiger partial charge is 0.190 e. The van der Waals surface area contributed by atoms with Crippen LogP contribution in [0.15, 0.2) is 23.1 Å². The first kappa shape index (κ1) is 11.3. The molecule has 0 amide bonds. The van der Waals surface area contributed by atoms with Gasteiger partial charge < -0.3 is 0 Å². The Bertz CT molecular complexity index is 331. The van der Waals surface area contributed by atoms with Crippen LogP contribution in [0, 0.1) is 6.92 Å². The van der Waals surface area contributed by atoms with Crippen LogP contribution >= 0.6 is 11.8 Å². The molecule has 0 aromatic heterocycles. The number of rotatable bonds is 3. The molecule has 1 aromatic rings. The Morgan fingerprint density at radius 1 is 1.43 bits per heavy atom. The third kappa shape index (κ3) is 3.18. The van der Waals surface area contributed by atoms with E-state index < -0.39 is 0 Å². The van der Waals surface area contributed by atoms with Crippen LogP contribution in [-0.4, -0.2) is 5.12 Å². The molecule has 0 spiro atoms. The zero-order valence-electron chi connectivity index (χ0n) is 8.96. The van der Waals surface area contributed by atoms with Gasteiger partial charge in [0.1, 0.15) is 0 Å². The maximum absolute atomic E-state index is 11.0. The molecule has 0 heterocycles. The van der Waals surface area contributed by atoms with Gasteiger partial charge in [-0.2, -0.15) is 0 Å². The van der Waals surface area contributed by atoms with Crippen LogP contribution in [0.4, 0.5) is 0 Å².